The molecule has 0 aliphatic carbocycles. The van der Waals surface area contributed by atoms with Gasteiger partial charge in [-0.3, -0.25) is 0 Å². The minimum atomic E-state index is -4.52. The van der Waals surface area contributed by atoms with E-state index in [4.69, 9.17) is 4.42 Å². The molecule has 1 aromatic heterocycles. The highest BCUT2D eigenvalue weighted by Crippen LogP contribution is 2.37. The predicted octanol–water partition coefficient (Wildman–Crippen LogP) is 4.30. The summed E-state index contributed by atoms with van der Waals surface area (Å²) in [6.45, 7) is 5.95. The van der Waals surface area contributed by atoms with Crippen LogP contribution >= 0.6 is 0 Å². The number of sulfonamides is 1. The number of piperidine rings is 1. The standard InChI is InChI=1S/C18H22F3N3O3S/c1-17(2,3)16-23-22-15(27-16)14-6-4-5-11-24(14)28(25,26)13-9-7-12(8-10-13)18(19,20)21/h7-10,14H,4-6,11H2,1-3H3/t14-/m0/s1. The molecule has 1 aromatic carbocycles. The van der Waals surface area contributed by atoms with Gasteiger partial charge in [0, 0.05) is 12.0 Å². The third kappa shape index (κ3) is 4.07. The van der Waals surface area contributed by atoms with Gasteiger partial charge in [-0.2, -0.15) is 17.5 Å². The highest BCUT2D eigenvalue weighted by molar-refractivity contribution is 7.89. The van der Waals surface area contributed by atoms with Crippen molar-refractivity contribution in [3.8, 4) is 0 Å². The van der Waals surface area contributed by atoms with Crippen molar-refractivity contribution in [2.45, 2.75) is 62.6 Å². The van der Waals surface area contributed by atoms with Crippen LogP contribution in [0.2, 0.25) is 0 Å². The summed E-state index contributed by atoms with van der Waals surface area (Å²) in [5.41, 5.74) is -1.27. The van der Waals surface area contributed by atoms with E-state index in [0.717, 1.165) is 30.7 Å². The lowest BCUT2D eigenvalue weighted by Crippen LogP contribution is -2.38. The second kappa shape index (κ2) is 7.14. The van der Waals surface area contributed by atoms with Crippen LogP contribution in [0.3, 0.4) is 0 Å². The quantitative estimate of drug-likeness (QED) is 0.744. The number of hydrogen-bond acceptors (Lipinski definition) is 5. The molecule has 0 saturated carbocycles. The van der Waals surface area contributed by atoms with E-state index in [2.05, 4.69) is 10.2 Å². The Morgan fingerprint density at radius 1 is 1.07 bits per heavy atom. The summed E-state index contributed by atoms with van der Waals surface area (Å²) < 4.78 is 71.5. The Kier molecular flexibility index (Phi) is 5.30. The lowest BCUT2D eigenvalue weighted by Gasteiger charge is -2.32. The van der Waals surface area contributed by atoms with Crippen molar-refractivity contribution in [1.82, 2.24) is 14.5 Å². The average Bonchev–Trinajstić information content (AvgIpc) is 3.11. The Bertz CT molecular complexity index is 931. The van der Waals surface area contributed by atoms with Gasteiger partial charge in [0.1, 0.15) is 6.04 Å². The van der Waals surface area contributed by atoms with E-state index < -0.39 is 27.8 Å². The number of hydrogen-bond donors (Lipinski definition) is 0. The van der Waals surface area contributed by atoms with Crippen molar-refractivity contribution >= 4 is 10.0 Å². The second-order valence-corrected chi connectivity index (χ2v) is 9.74. The fourth-order valence-corrected chi connectivity index (χ4v) is 4.71. The molecule has 2 heterocycles. The molecule has 0 radical (unpaired) electrons. The lowest BCUT2D eigenvalue weighted by atomic mass is 9.97. The largest absolute Gasteiger partial charge is 0.423 e. The first-order valence-corrected chi connectivity index (χ1v) is 10.4. The van der Waals surface area contributed by atoms with E-state index in [1.165, 1.54) is 4.31 Å². The highest BCUT2D eigenvalue weighted by atomic mass is 32.2. The zero-order chi connectivity index (χ0) is 20.7. The predicted molar refractivity (Wildman–Crippen MR) is 94.9 cm³/mol. The Balaban J connectivity index is 1.93. The topological polar surface area (TPSA) is 76.3 Å². The van der Waals surface area contributed by atoms with E-state index in [1.54, 1.807) is 0 Å². The van der Waals surface area contributed by atoms with E-state index in [-0.39, 0.29) is 22.7 Å². The van der Waals surface area contributed by atoms with Crippen molar-refractivity contribution in [3.63, 3.8) is 0 Å². The molecule has 0 N–H and O–H groups in total. The van der Waals surface area contributed by atoms with Gasteiger partial charge < -0.3 is 4.42 Å². The fourth-order valence-electron chi connectivity index (χ4n) is 3.06. The molecule has 1 atom stereocenters. The number of aromatic nitrogens is 2. The van der Waals surface area contributed by atoms with Crippen LogP contribution in [0, 0.1) is 0 Å². The molecule has 1 aliphatic rings. The number of halogens is 3. The first-order valence-electron chi connectivity index (χ1n) is 8.94. The molecule has 0 unspecified atom stereocenters. The third-order valence-electron chi connectivity index (χ3n) is 4.61. The molecule has 1 saturated heterocycles. The van der Waals surface area contributed by atoms with Gasteiger partial charge in [0.2, 0.25) is 21.8 Å². The van der Waals surface area contributed by atoms with Crippen LogP contribution in [-0.4, -0.2) is 29.5 Å². The molecule has 1 aliphatic heterocycles. The molecule has 0 spiro atoms. The average molecular weight is 417 g/mol. The van der Waals surface area contributed by atoms with E-state index in [9.17, 15) is 21.6 Å². The molecule has 6 nitrogen and oxygen atoms in total. The van der Waals surface area contributed by atoms with Gasteiger partial charge in [0.25, 0.3) is 0 Å². The zero-order valence-corrected chi connectivity index (χ0v) is 16.6. The third-order valence-corrected chi connectivity index (χ3v) is 6.53. The van der Waals surface area contributed by atoms with Crippen molar-refractivity contribution in [2.24, 2.45) is 0 Å². The van der Waals surface area contributed by atoms with Gasteiger partial charge in [-0.05, 0) is 37.1 Å². The van der Waals surface area contributed by atoms with E-state index in [0.29, 0.717) is 18.7 Å². The van der Waals surface area contributed by atoms with Gasteiger partial charge in [-0.15, -0.1) is 10.2 Å². The monoisotopic (exact) mass is 417 g/mol. The van der Waals surface area contributed by atoms with E-state index in [1.807, 2.05) is 20.8 Å². The molecular weight excluding hydrogens is 395 g/mol. The Morgan fingerprint density at radius 2 is 1.71 bits per heavy atom. The molecule has 0 bridgehead atoms. The first kappa shape index (κ1) is 20.8. The highest BCUT2D eigenvalue weighted by Gasteiger charge is 2.38. The molecule has 2 aromatic rings. The summed E-state index contributed by atoms with van der Waals surface area (Å²) in [6.07, 6.45) is -2.58. The minimum absolute atomic E-state index is 0.192. The van der Waals surface area contributed by atoms with Crippen molar-refractivity contribution in [2.75, 3.05) is 6.54 Å². The lowest BCUT2D eigenvalue weighted by molar-refractivity contribution is -0.137. The Hall–Kier alpha value is -1.94. The Labute approximate surface area is 161 Å². The van der Waals surface area contributed by atoms with Gasteiger partial charge >= 0.3 is 6.18 Å². The molecular formula is C18H22F3N3O3S. The summed E-state index contributed by atoms with van der Waals surface area (Å²) in [7, 11) is -4.01. The van der Waals surface area contributed by atoms with Crippen LogP contribution in [0.1, 0.15) is 63.4 Å². The Morgan fingerprint density at radius 3 is 2.25 bits per heavy atom. The van der Waals surface area contributed by atoms with Crippen LogP contribution in [0.5, 0.6) is 0 Å². The SMILES string of the molecule is CC(C)(C)c1nnc([C@@H]2CCCCN2S(=O)(=O)c2ccc(C(F)(F)F)cc2)o1. The van der Waals surface area contributed by atoms with Crippen molar-refractivity contribution in [3.05, 3.63) is 41.6 Å². The van der Waals surface area contributed by atoms with Crippen molar-refractivity contribution in [1.29, 1.82) is 0 Å². The van der Waals surface area contributed by atoms with Gasteiger partial charge in [-0.25, -0.2) is 8.42 Å². The number of alkyl halides is 3. The smallest absolute Gasteiger partial charge is 0.416 e. The van der Waals surface area contributed by atoms with Gasteiger partial charge in [0.15, 0.2) is 0 Å². The number of rotatable bonds is 3. The molecule has 3 rings (SSSR count). The van der Waals surface area contributed by atoms with Crippen LogP contribution in [0.15, 0.2) is 33.6 Å². The van der Waals surface area contributed by atoms with Gasteiger partial charge in [-0.1, -0.05) is 27.2 Å². The molecule has 28 heavy (non-hydrogen) atoms. The van der Waals surface area contributed by atoms with Crippen LogP contribution in [-0.2, 0) is 21.6 Å². The summed E-state index contributed by atoms with van der Waals surface area (Å²) in [5, 5.41) is 8.07. The van der Waals surface area contributed by atoms with Crippen LogP contribution in [0.25, 0.3) is 0 Å². The zero-order valence-electron chi connectivity index (χ0n) is 15.8. The molecule has 0 amide bonds. The van der Waals surface area contributed by atoms with E-state index >= 15 is 0 Å². The van der Waals surface area contributed by atoms with Crippen LogP contribution < -0.4 is 0 Å². The first-order chi connectivity index (χ1) is 12.9. The summed E-state index contributed by atoms with van der Waals surface area (Å²) >= 11 is 0. The van der Waals surface area contributed by atoms with Crippen LogP contribution in [0.4, 0.5) is 13.2 Å². The molecule has 1 fully saturated rings. The maximum atomic E-state index is 13.1. The maximum absolute atomic E-state index is 13.1. The maximum Gasteiger partial charge on any atom is 0.416 e. The molecule has 10 heteroatoms. The van der Waals surface area contributed by atoms with Crippen molar-refractivity contribution < 1.29 is 26.0 Å². The second-order valence-electron chi connectivity index (χ2n) is 7.84. The number of nitrogens with zero attached hydrogens (tertiary/aromatic N) is 3. The fraction of sp³-hybridized carbons (Fsp3) is 0.556. The molecule has 154 valence electrons. The number of benzene rings is 1. The van der Waals surface area contributed by atoms with Gasteiger partial charge in [0.05, 0.1) is 10.5 Å². The summed E-state index contributed by atoms with van der Waals surface area (Å²) in [5.74, 6) is 0.611. The summed E-state index contributed by atoms with van der Waals surface area (Å²) in [4.78, 5) is -0.192. The minimum Gasteiger partial charge on any atom is -0.423 e. The normalized spacial score (nSPS) is 19.7. The summed E-state index contributed by atoms with van der Waals surface area (Å²) in [6, 6.07) is 2.88.